The van der Waals surface area contributed by atoms with Crippen LogP contribution in [-0.2, 0) is 6.54 Å². The summed E-state index contributed by atoms with van der Waals surface area (Å²) in [6, 6.07) is 16.9. The Hall–Kier alpha value is -1.84. The molecule has 0 heterocycles. The Morgan fingerprint density at radius 3 is 2.54 bits per heavy atom. The molecule has 0 saturated heterocycles. The molecular weight excluding hydrogens is 298 g/mol. The van der Waals surface area contributed by atoms with E-state index < -0.39 is 6.10 Å². The normalized spacial score (nSPS) is 15.5. The van der Waals surface area contributed by atoms with Crippen LogP contribution in [0.5, 0.6) is 5.75 Å². The van der Waals surface area contributed by atoms with Crippen LogP contribution in [0.25, 0.3) is 0 Å². The monoisotopic (exact) mass is 325 g/mol. The lowest BCUT2D eigenvalue weighted by atomic mass is 10.1. The van der Waals surface area contributed by atoms with Gasteiger partial charge in [0, 0.05) is 19.1 Å². The van der Waals surface area contributed by atoms with Crippen molar-refractivity contribution in [3.63, 3.8) is 0 Å². The largest absolute Gasteiger partial charge is 0.491 e. The number of hydrogen-bond donors (Lipinski definition) is 1. The predicted molar refractivity (Wildman–Crippen MR) is 97.3 cm³/mol. The maximum atomic E-state index is 10.4. The number of para-hydroxylation sites is 1. The SMILES string of the molecule is Cc1ccc(CN(C[C@H](O)COc2ccccc2)C2CC2)c(C)c1. The topological polar surface area (TPSA) is 32.7 Å². The van der Waals surface area contributed by atoms with Crippen LogP contribution in [0.3, 0.4) is 0 Å². The molecule has 2 aromatic carbocycles. The smallest absolute Gasteiger partial charge is 0.119 e. The Morgan fingerprint density at radius 1 is 1.12 bits per heavy atom. The average Bonchev–Trinajstić information content (AvgIpc) is 3.40. The highest BCUT2D eigenvalue weighted by atomic mass is 16.5. The summed E-state index contributed by atoms with van der Waals surface area (Å²) < 4.78 is 5.68. The van der Waals surface area contributed by atoms with Crippen molar-refractivity contribution in [3.8, 4) is 5.75 Å². The molecule has 1 aliphatic carbocycles. The molecule has 1 atom stereocenters. The van der Waals surface area contributed by atoms with Crippen LogP contribution < -0.4 is 4.74 Å². The fourth-order valence-corrected chi connectivity index (χ4v) is 3.06. The summed E-state index contributed by atoms with van der Waals surface area (Å²) >= 11 is 0. The predicted octanol–water partition coefficient (Wildman–Crippen LogP) is 3.71. The van der Waals surface area contributed by atoms with Gasteiger partial charge in [0.1, 0.15) is 18.5 Å². The van der Waals surface area contributed by atoms with E-state index in [0.29, 0.717) is 19.2 Å². The van der Waals surface area contributed by atoms with Gasteiger partial charge in [0.05, 0.1) is 0 Å². The first-order valence-corrected chi connectivity index (χ1v) is 8.78. The molecule has 0 radical (unpaired) electrons. The minimum Gasteiger partial charge on any atom is -0.491 e. The number of rotatable bonds is 8. The first kappa shape index (κ1) is 17.0. The summed E-state index contributed by atoms with van der Waals surface area (Å²) in [7, 11) is 0. The number of nitrogens with zero attached hydrogens (tertiary/aromatic N) is 1. The van der Waals surface area contributed by atoms with Gasteiger partial charge in [-0.05, 0) is 49.9 Å². The molecule has 1 saturated carbocycles. The molecule has 3 heteroatoms. The van der Waals surface area contributed by atoms with Crippen LogP contribution in [0, 0.1) is 13.8 Å². The second-order valence-corrected chi connectivity index (χ2v) is 6.87. The van der Waals surface area contributed by atoms with Crippen molar-refractivity contribution in [3.05, 3.63) is 65.2 Å². The fraction of sp³-hybridized carbons (Fsp3) is 0.429. The lowest BCUT2D eigenvalue weighted by Gasteiger charge is -2.26. The standard InChI is InChI=1S/C21H27NO2/c1-16-8-9-18(17(2)12-16)13-22(19-10-11-19)14-20(23)15-24-21-6-4-3-5-7-21/h3-9,12,19-20,23H,10-11,13-15H2,1-2H3/t20-/m0/s1. The first-order valence-electron chi connectivity index (χ1n) is 8.78. The van der Waals surface area contributed by atoms with Crippen LogP contribution in [0.1, 0.15) is 29.5 Å². The molecule has 1 fully saturated rings. The number of aliphatic hydroxyl groups excluding tert-OH is 1. The van der Waals surface area contributed by atoms with Gasteiger partial charge in [-0.25, -0.2) is 0 Å². The number of ether oxygens (including phenoxy) is 1. The van der Waals surface area contributed by atoms with Gasteiger partial charge in [0.25, 0.3) is 0 Å². The van der Waals surface area contributed by atoms with E-state index in [1.165, 1.54) is 29.5 Å². The molecule has 0 amide bonds. The zero-order valence-electron chi connectivity index (χ0n) is 14.6. The Bertz CT molecular complexity index is 652. The first-order chi connectivity index (χ1) is 11.6. The van der Waals surface area contributed by atoms with Gasteiger partial charge in [-0.1, -0.05) is 42.0 Å². The van der Waals surface area contributed by atoms with Gasteiger partial charge in [-0.2, -0.15) is 0 Å². The molecule has 2 aromatic rings. The molecule has 1 aliphatic rings. The molecule has 0 aromatic heterocycles. The highest BCUT2D eigenvalue weighted by Gasteiger charge is 2.30. The van der Waals surface area contributed by atoms with E-state index in [-0.39, 0.29) is 0 Å². The quantitative estimate of drug-likeness (QED) is 0.803. The van der Waals surface area contributed by atoms with E-state index in [2.05, 4.69) is 36.9 Å². The summed E-state index contributed by atoms with van der Waals surface area (Å²) in [6.07, 6.45) is 1.99. The minimum absolute atomic E-state index is 0.333. The zero-order valence-corrected chi connectivity index (χ0v) is 14.6. The van der Waals surface area contributed by atoms with Crippen LogP contribution in [0.15, 0.2) is 48.5 Å². The molecule has 0 unspecified atom stereocenters. The van der Waals surface area contributed by atoms with Crippen molar-refractivity contribution in [2.24, 2.45) is 0 Å². The molecule has 3 nitrogen and oxygen atoms in total. The van der Waals surface area contributed by atoms with Crippen LogP contribution in [0.2, 0.25) is 0 Å². The minimum atomic E-state index is -0.475. The van der Waals surface area contributed by atoms with Crippen molar-refractivity contribution in [2.75, 3.05) is 13.2 Å². The van der Waals surface area contributed by atoms with Gasteiger partial charge in [0.15, 0.2) is 0 Å². The number of aliphatic hydroxyl groups is 1. The summed E-state index contributed by atoms with van der Waals surface area (Å²) in [6.45, 7) is 6.19. The maximum Gasteiger partial charge on any atom is 0.119 e. The van der Waals surface area contributed by atoms with Crippen molar-refractivity contribution in [1.82, 2.24) is 4.90 Å². The van der Waals surface area contributed by atoms with Gasteiger partial charge >= 0.3 is 0 Å². The van der Waals surface area contributed by atoms with E-state index in [4.69, 9.17) is 4.74 Å². The maximum absolute atomic E-state index is 10.4. The summed E-state index contributed by atoms with van der Waals surface area (Å²) in [5.74, 6) is 0.809. The van der Waals surface area contributed by atoms with E-state index in [1.807, 2.05) is 30.3 Å². The second kappa shape index (κ2) is 7.82. The highest BCUT2D eigenvalue weighted by molar-refractivity contribution is 5.30. The van der Waals surface area contributed by atoms with E-state index in [1.54, 1.807) is 0 Å². The molecule has 0 bridgehead atoms. The summed E-state index contributed by atoms with van der Waals surface area (Å²) in [5, 5.41) is 10.4. The fourth-order valence-electron chi connectivity index (χ4n) is 3.06. The van der Waals surface area contributed by atoms with Crippen molar-refractivity contribution in [1.29, 1.82) is 0 Å². The molecule has 0 aliphatic heterocycles. The highest BCUT2D eigenvalue weighted by Crippen LogP contribution is 2.29. The van der Waals surface area contributed by atoms with Crippen LogP contribution >= 0.6 is 0 Å². The Labute approximate surface area is 144 Å². The Kier molecular flexibility index (Phi) is 5.54. The second-order valence-electron chi connectivity index (χ2n) is 6.87. The third-order valence-electron chi connectivity index (χ3n) is 4.57. The molecule has 3 rings (SSSR count). The summed E-state index contributed by atoms with van der Waals surface area (Å²) in [5.41, 5.74) is 3.98. The number of hydrogen-bond acceptors (Lipinski definition) is 3. The molecule has 128 valence electrons. The zero-order chi connectivity index (χ0) is 16.9. The third-order valence-corrected chi connectivity index (χ3v) is 4.57. The van der Waals surface area contributed by atoms with Crippen LogP contribution in [0.4, 0.5) is 0 Å². The van der Waals surface area contributed by atoms with Crippen molar-refractivity contribution >= 4 is 0 Å². The number of benzene rings is 2. The molecule has 1 N–H and O–H groups in total. The average molecular weight is 325 g/mol. The summed E-state index contributed by atoms with van der Waals surface area (Å²) in [4.78, 5) is 2.40. The Morgan fingerprint density at radius 2 is 1.88 bits per heavy atom. The molecule has 24 heavy (non-hydrogen) atoms. The van der Waals surface area contributed by atoms with Crippen LogP contribution in [-0.4, -0.2) is 35.3 Å². The molecular formula is C21H27NO2. The lowest BCUT2D eigenvalue weighted by Crippen LogP contribution is -2.36. The van der Waals surface area contributed by atoms with Gasteiger partial charge in [0.2, 0.25) is 0 Å². The van der Waals surface area contributed by atoms with Gasteiger partial charge < -0.3 is 9.84 Å². The molecule has 0 spiro atoms. The van der Waals surface area contributed by atoms with Gasteiger partial charge in [-0.3, -0.25) is 4.90 Å². The Balaban J connectivity index is 1.55. The van der Waals surface area contributed by atoms with E-state index in [9.17, 15) is 5.11 Å². The third kappa shape index (κ3) is 4.83. The number of aryl methyl sites for hydroxylation is 2. The van der Waals surface area contributed by atoms with E-state index in [0.717, 1.165) is 12.3 Å². The van der Waals surface area contributed by atoms with Crippen molar-refractivity contribution < 1.29 is 9.84 Å². The van der Waals surface area contributed by atoms with E-state index >= 15 is 0 Å². The lowest BCUT2D eigenvalue weighted by molar-refractivity contribution is 0.0626. The van der Waals surface area contributed by atoms with Gasteiger partial charge in [-0.15, -0.1) is 0 Å². The van der Waals surface area contributed by atoms with Crippen molar-refractivity contribution in [2.45, 2.75) is 45.4 Å².